The predicted molar refractivity (Wildman–Crippen MR) is 135 cm³/mol. The van der Waals surface area contributed by atoms with Crippen LogP contribution in [0.2, 0.25) is 19.6 Å². The van der Waals surface area contributed by atoms with E-state index in [9.17, 15) is 23.2 Å². The first-order valence-electron chi connectivity index (χ1n) is 11.9. The number of nitrogens with one attached hydrogen (secondary N) is 2. The van der Waals surface area contributed by atoms with Crippen LogP contribution in [0.5, 0.6) is 5.88 Å². The Morgan fingerprint density at radius 2 is 1.92 bits per heavy atom. The second-order valence-electron chi connectivity index (χ2n) is 9.77. The maximum Gasteiger partial charge on any atom is 0.280 e. The monoisotopic (exact) mass is 530 g/mol. The van der Waals surface area contributed by atoms with Crippen LogP contribution >= 0.6 is 0 Å². The van der Waals surface area contributed by atoms with Gasteiger partial charge in [-0.3, -0.25) is 14.4 Å². The average Bonchev–Trinajstić information content (AvgIpc) is 3.21. The number of carbonyl (C=O) groups excluding carboxylic acids is 2. The van der Waals surface area contributed by atoms with Crippen molar-refractivity contribution in [2.24, 2.45) is 0 Å². The number of nitrogens with zero attached hydrogens (tertiary/aromatic N) is 2. The topological polar surface area (TPSA) is 118 Å². The van der Waals surface area contributed by atoms with Crippen LogP contribution < -0.4 is 20.8 Å². The molecule has 0 saturated heterocycles. The lowest BCUT2D eigenvalue weighted by Gasteiger charge is -2.36. The Kier molecular flexibility index (Phi) is 7.30. The minimum atomic E-state index is -2.31. The molecule has 9 nitrogen and oxygen atoms in total. The third kappa shape index (κ3) is 5.63. The molecule has 0 spiro atoms. The molecule has 3 heterocycles. The molecule has 2 amide bonds. The normalized spacial score (nSPS) is 15.3. The summed E-state index contributed by atoms with van der Waals surface area (Å²) >= 11 is 0. The number of hydrogen-bond donors (Lipinski definition) is 2. The van der Waals surface area contributed by atoms with Crippen molar-refractivity contribution in [3.63, 3.8) is 0 Å². The van der Waals surface area contributed by atoms with E-state index < -0.39 is 43.1 Å². The van der Waals surface area contributed by atoms with E-state index in [-0.39, 0.29) is 29.6 Å². The second kappa shape index (κ2) is 10.3. The van der Waals surface area contributed by atoms with Crippen molar-refractivity contribution in [3.05, 3.63) is 69.3 Å². The molecule has 1 atom stereocenters. The van der Waals surface area contributed by atoms with Crippen molar-refractivity contribution in [3.8, 4) is 5.88 Å². The summed E-state index contributed by atoms with van der Waals surface area (Å²) in [5.74, 6) is -2.06. The maximum atomic E-state index is 14.8. The van der Waals surface area contributed by atoms with Crippen LogP contribution in [0.3, 0.4) is 0 Å². The molecule has 12 heteroatoms. The van der Waals surface area contributed by atoms with E-state index in [4.69, 9.17) is 9.26 Å². The third-order valence-corrected chi connectivity index (χ3v) is 7.98. The number of aromatic amines is 1. The van der Waals surface area contributed by atoms with E-state index in [1.165, 1.54) is 4.90 Å². The summed E-state index contributed by atoms with van der Waals surface area (Å²) in [7, 11) is -2.31. The quantitative estimate of drug-likeness (QED) is 0.454. The number of aromatic nitrogens is 2. The summed E-state index contributed by atoms with van der Waals surface area (Å²) in [5.41, 5.74) is 0.502. The Labute approximate surface area is 212 Å². The molecule has 2 N–H and O–H groups in total. The number of anilines is 1. The first-order chi connectivity index (χ1) is 17.5. The molecule has 0 saturated carbocycles. The largest absolute Gasteiger partial charge is 0.478 e. The van der Waals surface area contributed by atoms with Gasteiger partial charge in [-0.1, -0.05) is 19.6 Å². The highest BCUT2D eigenvalue weighted by Gasteiger charge is 2.37. The van der Waals surface area contributed by atoms with Crippen LogP contribution in [0.15, 0.2) is 39.6 Å². The summed E-state index contributed by atoms with van der Waals surface area (Å²) in [6.07, 6.45) is 0.105. The van der Waals surface area contributed by atoms with Crippen LogP contribution in [-0.4, -0.2) is 48.1 Å². The SMILES string of the molecule is CCOc1ccc2c(n1)CCN(C(=O)Cc1cc(=O)[nH]o1)C2C(=O)Nc1cc(F)c([Si](C)(C)C)c(F)c1. The number of carbonyl (C=O) groups is 2. The molecule has 1 aliphatic rings. The van der Waals surface area contributed by atoms with Gasteiger partial charge in [0.1, 0.15) is 23.4 Å². The van der Waals surface area contributed by atoms with Gasteiger partial charge in [0.15, 0.2) is 0 Å². The van der Waals surface area contributed by atoms with Gasteiger partial charge in [-0.15, -0.1) is 0 Å². The fraction of sp³-hybridized carbons (Fsp3) is 0.360. The number of halogens is 2. The number of ether oxygens (including phenoxy) is 1. The van der Waals surface area contributed by atoms with E-state index in [1.54, 1.807) is 12.1 Å². The highest BCUT2D eigenvalue weighted by molar-refractivity contribution is 6.88. The lowest BCUT2D eigenvalue weighted by molar-refractivity contribution is -0.139. The molecule has 3 aromatic rings. The van der Waals surface area contributed by atoms with Crippen LogP contribution in [0, 0.1) is 11.6 Å². The molecule has 0 bridgehead atoms. The lowest BCUT2D eigenvalue weighted by atomic mass is 9.95. The van der Waals surface area contributed by atoms with Gasteiger partial charge in [-0.25, -0.2) is 13.8 Å². The van der Waals surface area contributed by atoms with E-state index in [0.29, 0.717) is 30.2 Å². The van der Waals surface area contributed by atoms with E-state index in [0.717, 1.165) is 18.2 Å². The van der Waals surface area contributed by atoms with E-state index >= 15 is 0 Å². The van der Waals surface area contributed by atoms with Crippen molar-refractivity contribution in [2.75, 3.05) is 18.5 Å². The first-order valence-corrected chi connectivity index (χ1v) is 15.4. The molecule has 1 unspecified atom stereocenters. The third-order valence-electron chi connectivity index (χ3n) is 6.00. The van der Waals surface area contributed by atoms with Gasteiger partial charge in [-0.05, 0) is 25.1 Å². The van der Waals surface area contributed by atoms with Crippen LogP contribution in [0.4, 0.5) is 14.5 Å². The lowest BCUT2D eigenvalue weighted by Crippen LogP contribution is -2.46. The Morgan fingerprint density at radius 1 is 1.22 bits per heavy atom. The van der Waals surface area contributed by atoms with Crippen molar-refractivity contribution in [1.82, 2.24) is 15.0 Å². The van der Waals surface area contributed by atoms with Gasteiger partial charge >= 0.3 is 0 Å². The van der Waals surface area contributed by atoms with Crippen molar-refractivity contribution >= 4 is 30.8 Å². The van der Waals surface area contributed by atoms with Gasteiger partial charge in [-0.2, -0.15) is 5.16 Å². The zero-order chi connectivity index (χ0) is 26.9. The summed E-state index contributed by atoms with van der Waals surface area (Å²) in [5, 5.41) is 4.75. The van der Waals surface area contributed by atoms with Gasteiger partial charge in [0.05, 0.1) is 26.8 Å². The smallest absolute Gasteiger partial charge is 0.280 e. The number of amides is 2. The van der Waals surface area contributed by atoms with Gasteiger partial charge in [0, 0.05) is 41.5 Å². The zero-order valence-corrected chi connectivity index (χ0v) is 22.0. The maximum absolute atomic E-state index is 14.8. The molecule has 4 rings (SSSR count). The predicted octanol–water partition coefficient (Wildman–Crippen LogP) is 2.89. The zero-order valence-electron chi connectivity index (χ0n) is 21.0. The van der Waals surface area contributed by atoms with Crippen molar-refractivity contribution in [1.29, 1.82) is 0 Å². The minimum absolute atomic E-state index is 0.0472. The number of benzene rings is 1. The van der Waals surface area contributed by atoms with Gasteiger partial charge in [0.2, 0.25) is 11.8 Å². The Balaban J connectivity index is 1.68. The highest BCUT2D eigenvalue weighted by atomic mass is 28.3. The first kappa shape index (κ1) is 26.3. The summed E-state index contributed by atoms with van der Waals surface area (Å²) < 4.78 is 40.1. The van der Waals surface area contributed by atoms with Crippen LogP contribution in [0.1, 0.15) is 30.0 Å². The minimum Gasteiger partial charge on any atom is -0.478 e. The van der Waals surface area contributed by atoms with Gasteiger partial charge < -0.3 is 19.5 Å². The molecule has 0 radical (unpaired) electrons. The van der Waals surface area contributed by atoms with Crippen LogP contribution in [-0.2, 0) is 22.4 Å². The molecular formula is C25H28F2N4O5Si. The standard InChI is InChI=1S/C25H28F2N4O5Si/c1-5-35-21-7-6-16-19(29-21)8-9-31(22(33)13-15-12-20(32)30-36-15)23(16)25(34)28-14-10-17(26)24(18(27)11-14)37(2,3)4/h6-7,10-12,23H,5,8-9,13H2,1-4H3,(H,28,34)(H,30,32). The molecule has 0 aliphatic carbocycles. The molecular weight excluding hydrogens is 502 g/mol. The number of hydrogen-bond acceptors (Lipinski definition) is 6. The molecule has 1 aliphatic heterocycles. The second-order valence-corrected chi connectivity index (χ2v) is 14.8. The fourth-order valence-electron chi connectivity index (χ4n) is 4.48. The number of rotatable bonds is 7. The Hall–Kier alpha value is -3.80. The highest BCUT2D eigenvalue weighted by Crippen LogP contribution is 2.32. The average molecular weight is 531 g/mol. The van der Waals surface area contributed by atoms with Crippen molar-refractivity contribution in [2.45, 2.75) is 45.4 Å². The molecule has 0 fully saturated rings. The number of H-pyrrole nitrogens is 1. The number of fused-ring (bicyclic) bond motifs is 1. The molecule has 196 valence electrons. The van der Waals surface area contributed by atoms with Crippen LogP contribution in [0.25, 0.3) is 0 Å². The Bertz CT molecular complexity index is 1380. The summed E-state index contributed by atoms with van der Waals surface area (Å²) in [6.45, 7) is 7.86. The molecule has 1 aromatic carbocycles. The van der Waals surface area contributed by atoms with Crippen molar-refractivity contribution < 1.29 is 27.6 Å². The fourth-order valence-corrected chi connectivity index (χ4v) is 6.05. The molecule has 2 aromatic heterocycles. The van der Waals surface area contributed by atoms with E-state index in [2.05, 4.69) is 15.5 Å². The molecule has 37 heavy (non-hydrogen) atoms. The number of pyridine rings is 1. The van der Waals surface area contributed by atoms with Gasteiger partial charge in [0.25, 0.3) is 11.5 Å². The van der Waals surface area contributed by atoms with E-state index in [1.807, 2.05) is 26.6 Å². The summed E-state index contributed by atoms with van der Waals surface area (Å²) in [4.78, 5) is 43.9. The summed E-state index contributed by atoms with van der Waals surface area (Å²) in [6, 6.07) is 5.47. The Morgan fingerprint density at radius 3 is 2.51 bits per heavy atom.